The van der Waals surface area contributed by atoms with Crippen LogP contribution in [0, 0.1) is 0 Å². The summed E-state index contributed by atoms with van der Waals surface area (Å²) in [5.41, 5.74) is 2.45. The Balaban J connectivity index is 1.42. The van der Waals surface area contributed by atoms with Gasteiger partial charge >= 0.3 is 5.97 Å². The fraction of sp³-hybridized carbons (Fsp3) is 0.250. The van der Waals surface area contributed by atoms with E-state index in [-0.39, 0.29) is 43.2 Å². The number of amides is 3. The number of carbonyl (C=O) groups is 4. The predicted octanol–water partition coefficient (Wildman–Crippen LogP) is 4.64. The largest absolute Gasteiger partial charge is 0.486 e. The molecule has 2 aromatic heterocycles. The molecule has 0 saturated carbocycles. The average Bonchev–Trinajstić information content (AvgIpc) is 3.40. The predicted molar refractivity (Wildman–Crippen MR) is 178 cm³/mol. The molecule has 15 heteroatoms. The fourth-order valence-electron chi connectivity index (χ4n) is 4.39. The lowest BCUT2D eigenvalue weighted by Gasteiger charge is -2.21. The highest BCUT2D eigenvalue weighted by molar-refractivity contribution is 6.38. The highest BCUT2D eigenvalue weighted by Gasteiger charge is 2.21. The Morgan fingerprint density at radius 3 is 2.55 bits per heavy atom. The van der Waals surface area contributed by atoms with Crippen LogP contribution in [0.3, 0.4) is 0 Å². The minimum atomic E-state index is -0.496. The lowest BCUT2D eigenvalue weighted by atomic mass is 10.2. The molecule has 3 amide bonds. The first-order valence-corrected chi connectivity index (χ1v) is 15.0. The molecule has 2 aromatic carbocycles. The van der Waals surface area contributed by atoms with Gasteiger partial charge in [-0.1, -0.05) is 29.3 Å². The van der Waals surface area contributed by atoms with Crippen LogP contribution in [0.15, 0.2) is 54.7 Å². The summed E-state index contributed by atoms with van der Waals surface area (Å²) < 4.78 is 18.1. The number of fused-ring (bicyclic) bond motifs is 1. The number of rotatable bonds is 13. The van der Waals surface area contributed by atoms with E-state index in [1.165, 1.54) is 44.3 Å². The fourth-order valence-corrected chi connectivity index (χ4v) is 5.00. The number of nitrogens with one attached hydrogen (secondary N) is 2. The van der Waals surface area contributed by atoms with Crippen molar-refractivity contribution in [1.82, 2.24) is 19.9 Å². The van der Waals surface area contributed by atoms with Crippen molar-refractivity contribution in [3.8, 4) is 11.8 Å². The maximum atomic E-state index is 13.0. The molecule has 0 unspecified atom stereocenters. The molecular formula is C32H32Cl2N6O7. The standard InChI is InChI=1S/C32H32Cl2N6O7/c1-5-46-29(44)17-40-24-7-6-8-25(31(24)38-32(40)45-4)47-18-21-22(33)11-12-23(30(21)34)39(3)28(43)16-36-27(42)14-10-20-9-13-26(35-15-20)37-19(2)41/h6-15H,5,16-18H2,1-4H3,(H,36,42)(H,35,37,41). The topological polar surface area (TPSA) is 154 Å². The van der Waals surface area contributed by atoms with Gasteiger partial charge in [-0.05, 0) is 55.0 Å². The van der Waals surface area contributed by atoms with Gasteiger partial charge in [-0.2, -0.15) is 4.98 Å². The zero-order chi connectivity index (χ0) is 34.1. The summed E-state index contributed by atoms with van der Waals surface area (Å²) in [6.45, 7) is 2.88. The number of para-hydroxylation sites is 1. The number of likely N-dealkylation sites (N-methyl/N-ethyl adjacent to an activating group) is 1. The SMILES string of the molecule is CCOC(=O)Cn1c(OC)nc2c(OCc3c(Cl)ccc(N(C)C(=O)CNC(=O)C=Cc4ccc(NC(C)=O)nc4)c3Cl)cccc21. The molecule has 0 radical (unpaired) electrons. The van der Waals surface area contributed by atoms with Crippen molar-refractivity contribution in [3.63, 3.8) is 0 Å². The number of carbonyl (C=O) groups excluding carboxylic acids is 4. The van der Waals surface area contributed by atoms with E-state index in [0.717, 1.165) is 0 Å². The van der Waals surface area contributed by atoms with Gasteiger partial charge in [0.15, 0.2) is 0 Å². The summed E-state index contributed by atoms with van der Waals surface area (Å²) in [5, 5.41) is 5.60. The third-order valence-corrected chi connectivity index (χ3v) is 7.46. The quantitative estimate of drug-likeness (QED) is 0.152. The van der Waals surface area contributed by atoms with Crippen molar-refractivity contribution in [1.29, 1.82) is 0 Å². The average molecular weight is 684 g/mol. The highest BCUT2D eigenvalue weighted by atomic mass is 35.5. The van der Waals surface area contributed by atoms with E-state index < -0.39 is 17.8 Å². The molecule has 13 nitrogen and oxygen atoms in total. The van der Waals surface area contributed by atoms with Crippen molar-refractivity contribution >= 4 is 75.5 Å². The Morgan fingerprint density at radius 1 is 1.09 bits per heavy atom. The van der Waals surface area contributed by atoms with Crippen LogP contribution < -0.4 is 25.0 Å². The minimum Gasteiger partial charge on any atom is -0.486 e. The van der Waals surface area contributed by atoms with E-state index >= 15 is 0 Å². The number of benzene rings is 2. The summed E-state index contributed by atoms with van der Waals surface area (Å²) in [6.07, 6.45) is 4.29. The molecule has 2 heterocycles. The molecule has 2 N–H and O–H groups in total. The van der Waals surface area contributed by atoms with E-state index in [0.29, 0.717) is 44.4 Å². The molecule has 0 atom stereocenters. The summed E-state index contributed by atoms with van der Waals surface area (Å²) in [7, 11) is 2.97. The lowest BCUT2D eigenvalue weighted by Crippen LogP contribution is -2.37. The van der Waals surface area contributed by atoms with Crippen LogP contribution in [-0.4, -0.2) is 65.5 Å². The first-order valence-electron chi connectivity index (χ1n) is 14.3. The Bertz CT molecular complexity index is 1820. The van der Waals surface area contributed by atoms with Crippen LogP contribution in [0.25, 0.3) is 17.1 Å². The lowest BCUT2D eigenvalue weighted by molar-refractivity contribution is -0.143. The molecule has 4 aromatic rings. The normalized spacial score (nSPS) is 10.9. The molecule has 0 bridgehead atoms. The van der Waals surface area contributed by atoms with Crippen LogP contribution in [0.4, 0.5) is 11.5 Å². The first-order chi connectivity index (χ1) is 22.5. The van der Waals surface area contributed by atoms with E-state index in [1.807, 2.05) is 0 Å². The van der Waals surface area contributed by atoms with Crippen LogP contribution in [0.5, 0.6) is 11.8 Å². The third kappa shape index (κ3) is 8.77. The number of methoxy groups -OCH3 is 1. The summed E-state index contributed by atoms with van der Waals surface area (Å²) in [6, 6.07) is 11.9. The number of nitrogens with zero attached hydrogens (tertiary/aromatic N) is 4. The van der Waals surface area contributed by atoms with Crippen molar-refractivity contribution in [2.75, 3.05) is 37.5 Å². The van der Waals surface area contributed by atoms with E-state index in [1.54, 1.807) is 54.0 Å². The molecule has 4 rings (SSSR count). The molecule has 0 aliphatic carbocycles. The van der Waals surface area contributed by atoms with Crippen molar-refractivity contribution in [3.05, 3.63) is 75.9 Å². The van der Waals surface area contributed by atoms with Crippen molar-refractivity contribution < 1.29 is 33.4 Å². The van der Waals surface area contributed by atoms with E-state index in [2.05, 4.69) is 20.6 Å². The summed E-state index contributed by atoms with van der Waals surface area (Å²) in [5.74, 6) is -0.836. The number of ether oxygens (including phenoxy) is 3. The number of aromatic nitrogens is 3. The maximum Gasteiger partial charge on any atom is 0.326 e. The van der Waals surface area contributed by atoms with Crippen molar-refractivity contribution in [2.45, 2.75) is 27.0 Å². The number of esters is 1. The Hall–Kier alpha value is -5.14. The molecule has 0 aliphatic rings. The zero-order valence-electron chi connectivity index (χ0n) is 26.0. The molecule has 0 fully saturated rings. The van der Waals surface area contributed by atoms with E-state index in [4.69, 9.17) is 37.4 Å². The molecular weight excluding hydrogens is 651 g/mol. The molecule has 246 valence electrons. The van der Waals surface area contributed by atoms with Gasteiger partial charge in [0, 0.05) is 36.8 Å². The van der Waals surface area contributed by atoms with Gasteiger partial charge in [0.1, 0.15) is 30.2 Å². The molecule has 0 aliphatic heterocycles. The van der Waals surface area contributed by atoms with Gasteiger partial charge in [0.25, 0.3) is 6.01 Å². The van der Waals surface area contributed by atoms with Crippen LogP contribution in [0.2, 0.25) is 10.0 Å². The van der Waals surface area contributed by atoms with Gasteiger partial charge < -0.3 is 29.7 Å². The summed E-state index contributed by atoms with van der Waals surface area (Å²) >= 11 is 13.2. The van der Waals surface area contributed by atoms with Gasteiger partial charge in [-0.3, -0.25) is 23.7 Å². The second-order valence-corrected chi connectivity index (χ2v) is 10.7. The number of pyridine rings is 1. The third-order valence-electron chi connectivity index (χ3n) is 6.69. The second-order valence-electron chi connectivity index (χ2n) is 9.92. The number of hydrogen-bond acceptors (Lipinski definition) is 9. The molecule has 0 saturated heterocycles. The minimum absolute atomic E-state index is 0.0676. The molecule has 47 heavy (non-hydrogen) atoms. The van der Waals surface area contributed by atoms with Gasteiger partial charge in [-0.15, -0.1) is 0 Å². The van der Waals surface area contributed by atoms with Gasteiger partial charge in [0.05, 0.1) is 36.5 Å². The summed E-state index contributed by atoms with van der Waals surface area (Å²) in [4.78, 5) is 58.5. The number of imidazole rings is 1. The first kappa shape index (κ1) is 34.7. The maximum absolute atomic E-state index is 13.0. The Labute approximate surface area is 280 Å². The van der Waals surface area contributed by atoms with Crippen LogP contribution >= 0.6 is 23.2 Å². The Morgan fingerprint density at radius 2 is 1.87 bits per heavy atom. The number of hydrogen-bond donors (Lipinski definition) is 2. The zero-order valence-corrected chi connectivity index (χ0v) is 27.5. The van der Waals surface area contributed by atoms with Crippen molar-refractivity contribution in [2.24, 2.45) is 0 Å². The van der Waals surface area contributed by atoms with Gasteiger partial charge in [0.2, 0.25) is 17.7 Å². The number of halogens is 2. The Kier molecular flexibility index (Phi) is 11.8. The monoisotopic (exact) mass is 682 g/mol. The highest BCUT2D eigenvalue weighted by Crippen LogP contribution is 2.36. The van der Waals surface area contributed by atoms with Gasteiger partial charge in [-0.25, -0.2) is 4.98 Å². The molecule has 0 spiro atoms. The second kappa shape index (κ2) is 15.9. The van der Waals surface area contributed by atoms with Crippen LogP contribution in [0.1, 0.15) is 25.0 Å². The smallest absolute Gasteiger partial charge is 0.326 e. The van der Waals surface area contributed by atoms with Crippen LogP contribution in [-0.2, 0) is 37.1 Å². The van der Waals surface area contributed by atoms with E-state index in [9.17, 15) is 19.2 Å². The number of anilines is 2.